The SMILES string of the molecule is COC(=O)c1ncn2c1C(=O)N(c1ccc(OC)c(Cl)c1)C(C)(C(=O)NCc1ccccc1OC)C2. The Morgan fingerprint density at radius 2 is 1.83 bits per heavy atom. The summed E-state index contributed by atoms with van der Waals surface area (Å²) in [6.45, 7) is 1.84. The molecule has 4 rings (SSSR count). The van der Waals surface area contributed by atoms with Gasteiger partial charge in [-0.2, -0.15) is 0 Å². The number of benzene rings is 2. The number of esters is 1. The lowest BCUT2D eigenvalue weighted by molar-refractivity contribution is -0.126. The number of carbonyl (C=O) groups excluding carboxylic acids is 3. The third-order valence-corrected chi connectivity index (χ3v) is 6.40. The van der Waals surface area contributed by atoms with Crippen molar-refractivity contribution in [3.8, 4) is 11.5 Å². The van der Waals surface area contributed by atoms with Gasteiger partial charge in [0.05, 0.1) is 39.2 Å². The van der Waals surface area contributed by atoms with Crippen molar-refractivity contribution in [3.63, 3.8) is 0 Å². The summed E-state index contributed by atoms with van der Waals surface area (Å²) >= 11 is 6.36. The van der Waals surface area contributed by atoms with Crippen molar-refractivity contribution >= 4 is 35.1 Å². The minimum absolute atomic E-state index is 0.0174. The number of anilines is 1. The first-order valence-corrected chi connectivity index (χ1v) is 11.3. The van der Waals surface area contributed by atoms with Crippen LogP contribution in [0.2, 0.25) is 5.02 Å². The second-order valence-electron chi connectivity index (χ2n) is 8.29. The Bertz CT molecular complexity index is 1340. The molecule has 1 aliphatic heterocycles. The summed E-state index contributed by atoms with van der Waals surface area (Å²) in [5, 5.41) is 3.17. The lowest BCUT2D eigenvalue weighted by atomic mass is 9.93. The van der Waals surface area contributed by atoms with Crippen LogP contribution in [0, 0.1) is 0 Å². The molecule has 0 radical (unpaired) electrons. The normalized spacial score (nSPS) is 16.8. The standard InChI is InChI=1S/C25H25ClN4O6/c1-25(24(33)27-12-15-7-5-6-8-18(15)34-2)13-29-14-28-20(23(32)36-4)21(29)22(31)30(25)16-9-10-19(35-3)17(26)11-16/h5-11,14H,12-13H2,1-4H3,(H,27,33). The van der Waals surface area contributed by atoms with Gasteiger partial charge in [0.25, 0.3) is 5.91 Å². The minimum Gasteiger partial charge on any atom is -0.496 e. The minimum atomic E-state index is -1.40. The number of hydrogen-bond donors (Lipinski definition) is 1. The second kappa shape index (κ2) is 9.90. The van der Waals surface area contributed by atoms with Crippen LogP contribution in [-0.4, -0.2) is 54.2 Å². The second-order valence-corrected chi connectivity index (χ2v) is 8.70. The molecular formula is C25H25ClN4O6. The quantitative estimate of drug-likeness (QED) is 0.484. The van der Waals surface area contributed by atoms with Gasteiger partial charge in [0.15, 0.2) is 5.69 Å². The molecule has 36 heavy (non-hydrogen) atoms. The van der Waals surface area contributed by atoms with Crippen LogP contribution in [0.25, 0.3) is 0 Å². The van der Waals surface area contributed by atoms with Crippen molar-refractivity contribution in [3.05, 3.63) is 70.8 Å². The highest BCUT2D eigenvalue weighted by molar-refractivity contribution is 6.32. The van der Waals surface area contributed by atoms with Crippen LogP contribution in [0.4, 0.5) is 5.69 Å². The summed E-state index contributed by atoms with van der Waals surface area (Å²) in [6.07, 6.45) is 1.35. The predicted molar refractivity (Wildman–Crippen MR) is 132 cm³/mol. The van der Waals surface area contributed by atoms with E-state index in [4.69, 9.17) is 25.8 Å². The molecule has 0 saturated heterocycles. The Morgan fingerprint density at radius 3 is 2.50 bits per heavy atom. The molecule has 1 atom stereocenters. The summed E-state index contributed by atoms with van der Waals surface area (Å²) in [4.78, 5) is 45.3. The number of fused-ring (bicyclic) bond motifs is 1. The molecule has 1 aromatic heterocycles. The third-order valence-electron chi connectivity index (χ3n) is 6.11. The van der Waals surface area contributed by atoms with Gasteiger partial charge >= 0.3 is 5.97 Å². The van der Waals surface area contributed by atoms with Crippen molar-refractivity contribution in [2.75, 3.05) is 26.2 Å². The van der Waals surface area contributed by atoms with Crippen molar-refractivity contribution < 1.29 is 28.6 Å². The van der Waals surface area contributed by atoms with E-state index in [1.807, 2.05) is 18.2 Å². The van der Waals surface area contributed by atoms with E-state index >= 15 is 0 Å². The molecule has 0 bridgehead atoms. The lowest BCUT2D eigenvalue weighted by Gasteiger charge is -2.43. The zero-order chi connectivity index (χ0) is 26.0. The molecule has 1 aliphatic rings. The highest BCUT2D eigenvalue weighted by atomic mass is 35.5. The molecule has 2 heterocycles. The smallest absolute Gasteiger partial charge is 0.359 e. The van der Waals surface area contributed by atoms with E-state index in [1.165, 1.54) is 36.1 Å². The van der Waals surface area contributed by atoms with Crippen LogP contribution in [0.1, 0.15) is 33.5 Å². The Labute approximate surface area is 212 Å². The Balaban J connectivity index is 1.77. The number of halogens is 1. The van der Waals surface area contributed by atoms with E-state index in [0.717, 1.165) is 5.56 Å². The third kappa shape index (κ3) is 4.24. The maximum absolute atomic E-state index is 13.9. The summed E-state index contributed by atoms with van der Waals surface area (Å²) in [7, 11) is 4.23. The molecule has 2 amide bonds. The van der Waals surface area contributed by atoms with Crippen molar-refractivity contribution in [1.82, 2.24) is 14.9 Å². The Morgan fingerprint density at radius 1 is 1.11 bits per heavy atom. The maximum Gasteiger partial charge on any atom is 0.359 e. The van der Waals surface area contributed by atoms with Gasteiger partial charge in [-0.3, -0.25) is 14.5 Å². The van der Waals surface area contributed by atoms with Crippen molar-refractivity contribution in [2.45, 2.75) is 25.6 Å². The van der Waals surface area contributed by atoms with Crippen LogP contribution in [0.5, 0.6) is 11.5 Å². The van der Waals surface area contributed by atoms with E-state index in [0.29, 0.717) is 17.2 Å². The average molecular weight is 513 g/mol. The zero-order valence-corrected chi connectivity index (χ0v) is 21.0. The first-order chi connectivity index (χ1) is 17.2. The number of imidazole rings is 1. The highest BCUT2D eigenvalue weighted by Gasteiger charge is 2.50. The number of ether oxygens (including phenoxy) is 3. The molecule has 1 N–H and O–H groups in total. The van der Waals surface area contributed by atoms with Crippen LogP contribution < -0.4 is 19.7 Å². The maximum atomic E-state index is 13.9. The number of aromatic nitrogens is 2. The summed E-state index contributed by atoms with van der Waals surface area (Å²) in [5.74, 6) is -0.745. The van der Waals surface area contributed by atoms with E-state index in [1.54, 1.807) is 32.2 Å². The van der Waals surface area contributed by atoms with Crippen LogP contribution in [-0.2, 0) is 22.6 Å². The molecule has 188 valence electrons. The van der Waals surface area contributed by atoms with Gasteiger partial charge < -0.3 is 24.1 Å². The van der Waals surface area contributed by atoms with E-state index in [9.17, 15) is 14.4 Å². The zero-order valence-electron chi connectivity index (χ0n) is 20.2. The first kappa shape index (κ1) is 25.1. The number of carbonyl (C=O) groups is 3. The Kier molecular flexibility index (Phi) is 6.89. The van der Waals surface area contributed by atoms with Gasteiger partial charge in [0, 0.05) is 17.8 Å². The van der Waals surface area contributed by atoms with Crippen LogP contribution >= 0.6 is 11.6 Å². The number of methoxy groups -OCH3 is 3. The summed E-state index contributed by atoms with van der Waals surface area (Å²) < 4.78 is 16.9. The fourth-order valence-electron chi connectivity index (χ4n) is 4.29. The molecule has 10 nitrogen and oxygen atoms in total. The molecular weight excluding hydrogens is 488 g/mol. The largest absolute Gasteiger partial charge is 0.496 e. The summed E-state index contributed by atoms with van der Waals surface area (Å²) in [6, 6.07) is 12.1. The van der Waals surface area contributed by atoms with Gasteiger partial charge in [0.1, 0.15) is 22.7 Å². The highest BCUT2D eigenvalue weighted by Crippen LogP contribution is 2.37. The molecule has 0 saturated carbocycles. The van der Waals surface area contributed by atoms with Gasteiger partial charge in [-0.05, 0) is 31.2 Å². The first-order valence-electron chi connectivity index (χ1n) is 11.0. The van der Waals surface area contributed by atoms with E-state index < -0.39 is 23.3 Å². The van der Waals surface area contributed by atoms with Crippen molar-refractivity contribution in [2.24, 2.45) is 0 Å². The summed E-state index contributed by atoms with van der Waals surface area (Å²) in [5.41, 5.74) is -0.399. The van der Waals surface area contributed by atoms with Crippen LogP contribution in [0.15, 0.2) is 48.8 Å². The Hall–Kier alpha value is -4.05. The average Bonchev–Trinajstić information content (AvgIpc) is 3.30. The van der Waals surface area contributed by atoms with Crippen molar-refractivity contribution in [1.29, 1.82) is 0 Å². The van der Waals surface area contributed by atoms with Gasteiger partial charge in [-0.1, -0.05) is 29.8 Å². The topological polar surface area (TPSA) is 112 Å². The molecule has 0 aliphatic carbocycles. The molecule has 11 heteroatoms. The van der Waals surface area contributed by atoms with Gasteiger partial charge in [0.2, 0.25) is 5.91 Å². The fraction of sp³-hybridized carbons (Fsp3) is 0.280. The number of rotatable bonds is 7. The molecule has 0 spiro atoms. The monoisotopic (exact) mass is 512 g/mol. The number of nitrogens with zero attached hydrogens (tertiary/aromatic N) is 3. The predicted octanol–water partition coefficient (Wildman–Crippen LogP) is 3.08. The number of amides is 2. The number of para-hydroxylation sites is 1. The molecule has 3 aromatic rings. The van der Waals surface area contributed by atoms with Gasteiger partial charge in [-0.25, -0.2) is 9.78 Å². The lowest BCUT2D eigenvalue weighted by Crippen LogP contribution is -2.64. The molecule has 0 fully saturated rings. The van der Waals surface area contributed by atoms with Gasteiger partial charge in [-0.15, -0.1) is 0 Å². The fourth-order valence-corrected chi connectivity index (χ4v) is 4.54. The van der Waals surface area contributed by atoms with Crippen LogP contribution in [0.3, 0.4) is 0 Å². The molecule has 1 unspecified atom stereocenters. The van der Waals surface area contributed by atoms with E-state index in [2.05, 4.69) is 10.3 Å². The number of hydrogen-bond acceptors (Lipinski definition) is 7. The number of nitrogens with one attached hydrogen (secondary N) is 1. The molecule has 2 aromatic carbocycles. The van der Waals surface area contributed by atoms with E-state index in [-0.39, 0.29) is 29.5 Å².